The molecular formula is C16H8O7. The Bertz CT molecular complexity index is 895. The minimum absolute atomic E-state index is 0.0895. The van der Waals surface area contributed by atoms with Gasteiger partial charge in [0.15, 0.2) is 0 Å². The molecule has 7 nitrogen and oxygen atoms in total. The highest BCUT2D eigenvalue weighted by molar-refractivity contribution is 6.15. The zero-order valence-electron chi connectivity index (χ0n) is 11.4. The van der Waals surface area contributed by atoms with Gasteiger partial charge in [0.2, 0.25) is 0 Å². The molecule has 0 saturated carbocycles. The highest BCUT2D eigenvalue weighted by atomic mass is 16.6. The molecule has 2 N–H and O–H groups in total. The van der Waals surface area contributed by atoms with E-state index in [0.29, 0.717) is 11.1 Å². The topological polar surface area (TPSA) is 118 Å². The molecule has 23 heavy (non-hydrogen) atoms. The van der Waals surface area contributed by atoms with Gasteiger partial charge >= 0.3 is 23.9 Å². The average molecular weight is 312 g/mol. The smallest absolute Gasteiger partial charge is 0.346 e. The van der Waals surface area contributed by atoms with Gasteiger partial charge in [-0.3, -0.25) is 0 Å². The van der Waals surface area contributed by atoms with Crippen molar-refractivity contribution in [1.82, 2.24) is 0 Å². The second-order valence-electron chi connectivity index (χ2n) is 4.81. The van der Waals surface area contributed by atoms with E-state index < -0.39 is 23.9 Å². The minimum atomic E-state index is -1.38. The lowest BCUT2D eigenvalue weighted by molar-refractivity contribution is 0.0442. The molecule has 0 bridgehead atoms. The van der Waals surface area contributed by atoms with Gasteiger partial charge in [-0.2, -0.15) is 0 Å². The normalized spacial score (nSPS) is 12.7. The van der Waals surface area contributed by atoms with E-state index in [1.54, 1.807) is 0 Å². The summed E-state index contributed by atoms with van der Waals surface area (Å²) in [6.45, 7) is 0. The molecule has 0 aliphatic carbocycles. The first-order valence-electron chi connectivity index (χ1n) is 6.40. The van der Waals surface area contributed by atoms with Gasteiger partial charge in [-0.25, -0.2) is 19.2 Å². The maximum atomic E-state index is 11.6. The lowest BCUT2D eigenvalue weighted by Crippen LogP contribution is -2.08. The van der Waals surface area contributed by atoms with Gasteiger partial charge in [-0.15, -0.1) is 0 Å². The van der Waals surface area contributed by atoms with E-state index in [1.165, 1.54) is 36.4 Å². The molecule has 0 amide bonds. The number of carboxylic acids is 2. The number of cyclic esters (lactones) is 2. The largest absolute Gasteiger partial charge is 0.478 e. The molecule has 0 fully saturated rings. The fourth-order valence-electron chi connectivity index (χ4n) is 2.35. The number of fused-ring (bicyclic) bond motifs is 1. The molecule has 0 spiro atoms. The highest BCUT2D eigenvalue weighted by Gasteiger charge is 2.29. The van der Waals surface area contributed by atoms with Crippen LogP contribution in [0.2, 0.25) is 0 Å². The molecule has 0 atom stereocenters. The average Bonchev–Trinajstić information content (AvgIpc) is 2.80. The van der Waals surface area contributed by atoms with Gasteiger partial charge in [-0.05, 0) is 35.4 Å². The van der Waals surface area contributed by atoms with E-state index in [2.05, 4.69) is 4.74 Å². The summed E-state index contributed by atoms with van der Waals surface area (Å²) in [5.41, 5.74) is 0.398. The maximum Gasteiger partial charge on any atom is 0.346 e. The first-order chi connectivity index (χ1) is 10.9. The van der Waals surface area contributed by atoms with Crippen LogP contribution in [0.25, 0.3) is 11.1 Å². The second kappa shape index (κ2) is 5.06. The first-order valence-corrected chi connectivity index (χ1v) is 6.40. The van der Waals surface area contributed by atoms with Crippen LogP contribution in [0.5, 0.6) is 0 Å². The van der Waals surface area contributed by atoms with Crippen LogP contribution in [0.4, 0.5) is 0 Å². The number of rotatable bonds is 3. The summed E-state index contributed by atoms with van der Waals surface area (Å²) in [6.07, 6.45) is 0. The van der Waals surface area contributed by atoms with E-state index in [4.69, 9.17) is 10.2 Å². The van der Waals surface area contributed by atoms with Crippen LogP contribution in [-0.2, 0) is 4.74 Å². The van der Waals surface area contributed by atoms with Gasteiger partial charge in [0, 0.05) is 0 Å². The fraction of sp³-hybridized carbons (Fsp3) is 0. The third kappa shape index (κ3) is 2.34. The van der Waals surface area contributed by atoms with Crippen LogP contribution < -0.4 is 0 Å². The van der Waals surface area contributed by atoms with Crippen molar-refractivity contribution < 1.29 is 34.1 Å². The number of aromatic carboxylic acids is 2. The van der Waals surface area contributed by atoms with E-state index >= 15 is 0 Å². The van der Waals surface area contributed by atoms with Crippen molar-refractivity contribution in [2.75, 3.05) is 0 Å². The molecule has 1 aliphatic heterocycles. The van der Waals surface area contributed by atoms with E-state index in [9.17, 15) is 19.2 Å². The molecule has 0 aromatic heterocycles. The van der Waals surface area contributed by atoms with E-state index in [1.807, 2.05) is 0 Å². The summed E-state index contributed by atoms with van der Waals surface area (Å²) in [4.78, 5) is 45.2. The third-order valence-electron chi connectivity index (χ3n) is 3.46. The Hall–Kier alpha value is -3.48. The lowest BCUT2D eigenvalue weighted by Gasteiger charge is -2.07. The number of carbonyl (C=O) groups is 4. The maximum absolute atomic E-state index is 11.6. The Balaban J connectivity index is 2.13. The minimum Gasteiger partial charge on any atom is -0.478 e. The molecular weight excluding hydrogens is 304 g/mol. The molecule has 0 radical (unpaired) electrons. The Morgan fingerprint density at radius 2 is 1.30 bits per heavy atom. The first kappa shape index (κ1) is 14.5. The van der Waals surface area contributed by atoms with E-state index in [-0.39, 0.29) is 22.3 Å². The number of hydrogen-bond donors (Lipinski definition) is 2. The summed E-state index contributed by atoms with van der Waals surface area (Å²) in [5.74, 6) is -4.23. The summed E-state index contributed by atoms with van der Waals surface area (Å²) in [6, 6.07) is 8.15. The monoisotopic (exact) mass is 312 g/mol. The Labute approximate surface area is 128 Å². The molecule has 2 aromatic carbocycles. The number of ether oxygens (including phenoxy) is 1. The molecule has 3 rings (SSSR count). The second-order valence-corrected chi connectivity index (χ2v) is 4.81. The molecule has 7 heteroatoms. The molecule has 0 unspecified atom stereocenters. The Morgan fingerprint density at radius 1 is 0.739 bits per heavy atom. The van der Waals surface area contributed by atoms with Gasteiger partial charge < -0.3 is 14.9 Å². The zero-order valence-corrected chi connectivity index (χ0v) is 11.4. The van der Waals surface area contributed by atoms with Crippen molar-refractivity contribution in [1.29, 1.82) is 0 Å². The van der Waals surface area contributed by atoms with Crippen molar-refractivity contribution in [3.8, 4) is 11.1 Å². The molecule has 2 aromatic rings. The summed E-state index contributed by atoms with van der Waals surface area (Å²) in [5, 5.41) is 18.1. The molecule has 1 heterocycles. The van der Waals surface area contributed by atoms with Crippen LogP contribution in [0.3, 0.4) is 0 Å². The summed E-state index contributed by atoms with van der Waals surface area (Å²) in [7, 11) is 0. The number of hydrogen-bond acceptors (Lipinski definition) is 5. The van der Waals surface area contributed by atoms with Crippen molar-refractivity contribution in [3.05, 3.63) is 58.7 Å². The predicted octanol–water partition coefficient (Wildman–Crippen LogP) is 2.06. The number of esters is 2. The highest BCUT2D eigenvalue weighted by Crippen LogP contribution is 2.28. The molecule has 1 aliphatic rings. The van der Waals surface area contributed by atoms with Crippen LogP contribution in [0, 0.1) is 0 Å². The van der Waals surface area contributed by atoms with Crippen molar-refractivity contribution >= 4 is 23.9 Å². The van der Waals surface area contributed by atoms with Crippen molar-refractivity contribution in [2.24, 2.45) is 0 Å². The van der Waals surface area contributed by atoms with Crippen LogP contribution in [0.1, 0.15) is 41.4 Å². The van der Waals surface area contributed by atoms with Gasteiger partial charge in [-0.1, -0.05) is 12.1 Å². The predicted molar refractivity (Wildman–Crippen MR) is 75.5 cm³/mol. The standard InChI is InChI=1S/C16H8O7/c17-13(18)9-3-1-7(5-11(9)14(19)20)8-2-4-10-12(6-8)16(22)23-15(10)21/h1-6H,(H,17,18)(H,19,20). The molecule has 0 saturated heterocycles. The quantitative estimate of drug-likeness (QED) is 0.657. The van der Waals surface area contributed by atoms with Crippen molar-refractivity contribution in [3.63, 3.8) is 0 Å². The lowest BCUT2D eigenvalue weighted by atomic mass is 9.96. The van der Waals surface area contributed by atoms with E-state index in [0.717, 1.165) is 0 Å². The fourth-order valence-corrected chi connectivity index (χ4v) is 2.35. The SMILES string of the molecule is O=C(O)c1ccc(-c2ccc3c(c2)C(=O)OC3=O)cc1C(=O)O. The van der Waals surface area contributed by atoms with Crippen LogP contribution in [0.15, 0.2) is 36.4 Å². The summed E-state index contributed by atoms with van der Waals surface area (Å²) < 4.78 is 4.49. The van der Waals surface area contributed by atoms with Gasteiger partial charge in [0.25, 0.3) is 0 Å². The van der Waals surface area contributed by atoms with Gasteiger partial charge in [0.05, 0.1) is 22.3 Å². The number of carboxylic acid groups (broad SMARTS) is 2. The Kier molecular flexibility index (Phi) is 3.18. The molecule has 114 valence electrons. The number of carbonyl (C=O) groups excluding carboxylic acids is 2. The zero-order chi connectivity index (χ0) is 16.7. The van der Waals surface area contributed by atoms with Crippen LogP contribution >= 0.6 is 0 Å². The van der Waals surface area contributed by atoms with Gasteiger partial charge in [0.1, 0.15) is 0 Å². The summed E-state index contributed by atoms with van der Waals surface area (Å²) >= 11 is 0. The van der Waals surface area contributed by atoms with Crippen LogP contribution in [-0.4, -0.2) is 34.1 Å². The number of benzene rings is 2. The van der Waals surface area contributed by atoms with Crippen molar-refractivity contribution in [2.45, 2.75) is 0 Å². The third-order valence-corrected chi connectivity index (χ3v) is 3.46. The Morgan fingerprint density at radius 3 is 1.96 bits per heavy atom.